The summed E-state index contributed by atoms with van der Waals surface area (Å²) in [4.78, 5) is 7.01. The van der Waals surface area contributed by atoms with Crippen LogP contribution >= 0.6 is 0 Å². The van der Waals surface area contributed by atoms with Crippen LogP contribution in [0.15, 0.2) is 267 Å². The molecule has 0 fully saturated rings. The SMILES string of the molecule is CC1(C)CC(C)(c2ccc(Nc3ccc(N(c4ccccc4)c4ccccc4)cc3)cc2)c2cc(N(c3ccc(-c4ccccc4)cc3)c3ccc(N(c4ccccc4)c4ccccc4)cc3)ccc21. The summed E-state index contributed by atoms with van der Waals surface area (Å²) in [6.07, 6.45) is 1.00. The minimum Gasteiger partial charge on any atom is -0.356 e. The van der Waals surface area contributed by atoms with Crippen LogP contribution in [0.3, 0.4) is 0 Å². The quantitative estimate of drug-likeness (QED) is 0.124. The van der Waals surface area contributed by atoms with Gasteiger partial charge in [-0.3, -0.25) is 0 Å². The van der Waals surface area contributed by atoms with Crippen LogP contribution in [-0.4, -0.2) is 0 Å². The second-order valence-corrected chi connectivity index (χ2v) is 19.1. The van der Waals surface area contributed by atoms with Crippen molar-refractivity contribution in [1.29, 1.82) is 0 Å². The number of rotatable bonds is 13. The second kappa shape index (κ2) is 18.8. The highest BCUT2D eigenvalue weighted by molar-refractivity contribution is 5.83. The van der Waals surface area contributed by atoms with E-state index in [9.17, 15) is 0 Å². The lowest BCUT2D eigenvalue weighted by Gasteiger charge is -2.31. The predicted molar refractivity (Wildman–Crippen MR) is 296 cm³/mol. The largest absolute Gasteiger partial charge is 0.356 e. The molecule has 1 aliphatic rings. The summed E-state index contributed by atoms with van der Waals surface area (Å²) in [7, 11) is 0. The third kappa shape index (κ3) is 8.72. The van der Waals surface area contributed by atoms with Gasteiger partial charge in [0.05, 0.1) is 0 Å². The summed E-state index contributed by atoms with van der Waals surface area (Å²) in [5, 5.41) is 3.69. The Morgan fingerprint density at radius 2 is 0.614 bits per heavy atom. The van der Waals surface area contributed by atoms with Crippen LogP contribution in [0.2, 0.25) is 0 Å². The summed E-state index contributed by atoms with van der Waals surface area (Å²) >= 11 is 0. The lowest BCUT2D eigenvalue weighted by atomic mass is 9.75. The number of hydrogen-bond acceptors (Lipinski definition) is 4. The normalized spacial score (nSPS) is 14.6. The van der Waals surface area contributed by atoms with Crippen molar-refractivity contribution in [2.75, 3.05) is 20.0 Å². The van der Waals surface area contributed by atoms with Crippen molar-refractivity contribution in [3.8, 4) is 11.1 Å². The third-order valence-corrected chi connectivity index (χ3v) is 14.0. The Balaban J connectivity index is 0.916. The molecule has 10 aromatic carbocycles. The van der Waals surface area contributed by atoms with Crippen molar-refractivity contribution in [2.45, 2.75) is 38.0 Å². The molecule has 0 amide bonds. The average Bonchev–Trinajstić information content (AvgIpc) is 3.63. The number of hydrogen-bond donors (Lipinski definition) is 1. The zero-order valence-electron chi connectivity index (χ0n) is 40.0. The van der Waals surface area contributed by atoms with E-state index < -0.39 is 0 Å². The Kier molecular flexibility index (Phi) is 11.8. The Hall–Kier alpha value is -8.60. The van der Waals surface area contributed by atoms with Gasteiger partial charge in [-0.2, -0.15) is 0 Å². The topological polar surface area (TPSA) is 21.8 Å². The summed E-state index contributed by atoms with van der Waals surface area (Å²) in [5.74, 6) is 0. The Labute approximate surface area is 413 Å². The van der Waals surface area contributed by atoms with E-state index in [1.54, 1.807) is 0 Å². The number of fused-ring (bicyclic) bond motifs is 1. The first-order valence-electron chi connectivity index (χ1n) is 24.3. The number of anilines is 11. The highest BCUT2D eigenvalue weighted by atomic mass is 15.2. The summed E-state index contributed by atoms with van der Waals surface area (Å²) in [6, 6.07) is 95.9. The molecule has 70 heavy (non-hydrogen) atoms. The summed E-state index contributed by atoms with van der Waals surface area (Å²) < 4.78 is 0. The zero-order chi connectivity index (χ0) is 47.5. The van der Waals surface area contributed by atoms with Crippen molar-refractivity contribution < 1.29 is 0 Å². The molecule has 11 rings (SSSR count). The molecular weight excluding hydrogens is 849 g/mol. The molecule has 1 N–H and O–H groups in total. The van der Waals surface area contributed by atoms with E-state index in [0.29, 0.717) is 0 Å². The molecule has 1 unspecified atom stereocenters. The fourth-order valence-corrected chi connectivity index (χ4v) is 10.7. The fraction of sp³-hybridized carbons (Fsp3) is 0.0909. The second-order valence-electron chi connectivity index (χ2n) is 19.1. The van der Waals surface area contributed by atoms with E-state index in [1.165, 1.54) is 27.8 Å². The molecule has 0 bridgehead atoms. The maximum atomic E-state index is 3.69. The number of nitrogens with zero attached hydrogens (tertiary/aromatic N) is 3. The third-order valence-electron chi connectivity index (χ3n) is 14.0. The first-order valence-corrected chi connectivity index (χ1v) is 24.3. The molecule has 0 heterocycles. The standard InChI is InChI=1S/C66H56N4/c1-65(2)48-66(3,51-31-33-52(34-32-51)67-53-35-39-59(40-36-53)68(54-21-11-5-12-22-54)55-23-13-6-14-24-55)64-47-62(45-46-63(64)65)70(58-37-29-50(30-38-58)49-19-9-4-10-20-49)61-43-41-60(42-44-61)69(56-25-15-7-16-26-56)57-27-17-8-18-28-57/h4-47,67H,48H2,1-3H3. The molecule has 1 atom stereocenters. The predicted octanol–water partition coefficient (Wildman–Crippen LogP) is 18.5. The first-order chi connectivity index (χ1) is 34.3. The van der Waals surface area contributed by atoms with Gasteiger partial charge in [-0.25, -0.2) is 0 Å². The Morgan fingerprint density at radius 1 is 0.300 bits per heavy atom. The van der Waals surface area contributed by atoms with Crippen molar-refractivity contribution >= 4 is 62.6 Å². The van der Waals surface area contributed by atoms with Crippen LogP contribution in [0.1, 0.15) is 43.9 Å². The molecule has 0 radical (unpaired) electrons. The van der Waals surface area contributed by atoms with Gasteiger partial charge in [0, 0.05) is 68.0 Å². The van der Waals surface area contributed by atoms with E-state index >= 15 is 0 Å². The van der Waals surface area contributed by atoms with Crippen LogP contribution in [0.5, 0.6) is 0 Å². The van der Waals surface area contributed by atoms with Crippen molar-refractivity contribution in [1.82, 2.24) is 0 Å². The summed E-state index contributed by atoms with van der Waals surface area (Å²) in [6.45, 7) is 7.24. The Morgan fingerprint density at radius 3 is 1.04 bits per heavy atom. The summed E-state index contributed by atoms with van der Waals surface area (Å²) in [5.41, 5.74) is 18.3. The van der Waals surface area contributed by atoms with Crippen molar-refractivity contribution in [2.24, 2.45) is 0 Å². The highest BCUT2D eigenvalue weighted by Crippen LogP contribution is 2.54. The van der Waals surface area contributed by atoms with Gasteiger partial charge in [0.25, 0.3) is 0 Å². The number of para-hydroxylation sites is 4. The van der Waals surface area contributed by atoms with Gasteiger partial charge in [0.15, 0.2) is 0 Å². The van der Waals surface area contributed by atoms with Crippen LogP contribution in [0.4, 0.5) is 62.6 Å². The van der Waals surface area contributed by atoms with Crippen LogP contribution in [0.25, 0.3) is 11.1 Å². The lowest BCUT2D eigenvalue weighted by molar-refractivity contribution is 0.425. The van der Waals surface area contributed by atoms with Crippen molar-refractivity contribution in [3.05, 3.63) is 284 Å². The van der Waals surface area contributed by atoms with Gasteiger partial charge >= 0.3 is 0 Å². The molecule has 340 valence electrons. The monoisotopic (exact) mass is 904 g/mol. The van der Waals surface area contributed by atoms with Gasteiger partial charge in [-0.1, -0.05) is 154 Å². The van der Waals surface area contributed by atoms with E-state index in [2.05, 4.69) is 308 Å². The van der Waals surface area contributed by atoms with Gasteiger partial charge < -0.3 is 20.0 Å². The smallest absolute Gasteiger partial charge is 0.0464 e. The molecular formula is C66H56N4. The first kappa shape index (κ1) is 43.9. The minimum atomic E-state index is -0.216. The average molecular weight is 905 g/mol. The number of nitrogens with one attached hydrogen (secondary N) is 1. The van der Waals surface area contributed by atoms with Crippen LogP contribution < -0.4 is 20.0 Å². The maximum absolute atomic E-state index is 3.69. The lowest BCUT2D eigenvalue weighted by Crippen LogP contribution is -2.23. The Bertz CT molecular complexity index is 3230. The molecule has 0 saturated carbocycles. The van der Waals surface area contributed by atoms with Crippen LogP contribution in [0, 0.1) is 0 Å². The van der Waals surface area contributed by atoms with Crippen LogP contribution in [-0.2, 0) is 10.8 Å². The maximum Gasteiger partial charge on any atom is 0.0464 e. The van der Waals surface area contributed by atoms with E-state index in [4.69, 9.17) is 0 Å². The van der Waals surface area contributed by atoms with Gasteiger partial charge in [0.1, 0.15) is 0 Å². The number of benzene rings is 10. The van der Waals surface area contributed by atoms with E-state index in [-0.39, 0.29) is 10.8 Å². The molecule has 1 aliphatic carbocycles. The van der Waals surface area contributed by atoms with Gasteiger partial charge in [0.2, 0.25) is 0 Å². The molecule has 4 nitrogen and oxygen atoms in total. The van der Waals surface area contributed by atoms with Gasteiger partial charge in [-0.05, 0) is 173 Å². The van der Waals surface area contributed by atoms with Crippen molar-refractivity contribution in [3.63, 3.8) is 0 Å². The molecule has 10 aromatic rings. The fourth-order valence-electron chi connectivity index (χ4n) is 10.7. The van der Waals surface area contributed by atoms with E-state index in [1.807, 2.05) is 0 Å². The molecule has 0 aliphatic heterocycles. The molecule has 0 aromatic heterocycles. The highest BCUT2D eigenvalue weighted by Gasteiger charge is 2.46. The zero-order valence-corrected chi connectivity index (χ0v) is 40.0. The van der Waals surface area contributed by atoms with Gasteiger partial charge in [-0.15, -0.1) is 0 Å². The molecule has 4 heteroatoms. The van der Waals surface area contributed by atoms with E-state index in [0.717, 1.165) is 69.0 Å². The molecule has 0 spiro atoms. The molecule has 0 saturated heterocycles. The minimum absolute atomic E-state index is 0.0171.